The number of morpholine rings is 1. The van der Waals surface area contributed by atoms with E-state index in [-0.39, 0.29) is 5.91 Å². The molecular weight excluding hydrogens is 374 g/mol. The summed E-state index contributed by atoms with van der Waals surface area (Å²) in [5.41, 5.74) is 1.51. The Morgan fingerprint density at radius 2 is 2.07 bits per heavy atom. The standard InChI is InChI=1S/C17H20B2N6O2S/c1-10-23-24-15(28-10)12-3-2-11-9-20-14(8-13(11)21-12)22-16(26)17(18,19)25-4-6-27-7-5-25/h2-3,8-9H,4-7,18-19H2,1H3,(H,20,22,26). The average molecular weight is 394 g/mol. The lowest BCUT2D eigenvalue weighted by atomic mass is 9.60. The monoisotopic (exact) mass is 394 g/mol. The number of pyridine rings is 2. The second kappa shape index (κ2) is 7.57. The molecule has 11 heteroatoms. The fourth-order valence-corrected chi connectivity index (χ4v) is 3.80. The predicted molar refractivity (Wildman–Crippen MR) is 114 cm³/mol. The van der Waals surface area contributed by atoms with Crippen molar-refractivity contribution in [3.63, 3.8) is 0 Å². The molecular formula is C17H20B2N6O2S. The van der Waals surface area contributed by atoms with Gasteiger partial charge in [-0.3, -0.25) is 9.69 Å². The molecule has 4 heterocycles. The number of anilines is 1. The van der Waals surface area contributed by atoms with Gasteiger partial charge in [0.2, 0.25) is 5.91 Å². The number of carbonyl (C=O) groups is 1. The summed E-state index contributed by atoms with van der Waals surface area (Å²) >= 11 is 1.50. The average Bonchev–Trinajstić information content (AvgIpc) is 3.14. The highest BCUT2D eigenvalue weighted by Gasteiger charge is 2.35. The van der Waals surface area contributed by atoms with Gasteiger partial charge in [-0.2, -0.15) is 0 Å². The fourth-order valence-electron chi connectivity index (χ4n) is 3.14. The van der Waals surface area contributed by atoms with Gasteiger partial charge in [-0.15, -0.1) is 10.2 Å². The molecule has 142 valence electrons. The minimum Gasteiger partial charge on any atom is -0.379 e. The van der Waals surface area contributed by atoms with Crippen molar-refractivity contribution < 1.29 is 9.53 Å². The number of hydrogen-bond acceptors (Lipinski definition) is 8. The minimum absolute atomic E-state index is 0.0999. The number of aryl methyl sites for hydroxylation is 1. The lowest BCUT2D eigenvalue weighted by Gasteiger charge is -2.39. The first kappa shape index (κ1) is 19.0. The summed E-state index contributed by atoms with van der Waals surface area (Å²) in [6.45, 7) is 4.66. The van der Waals surface area contributed by atoms with Crippen LogP contribution in [0.4, 0.5) is 5.82 Å². The number of fused-ring (bicyclic) bond motifs is 1. The summed E-state index contributed by atoms with van der Waals surface area (Å²) < 4.78 is 5.39. The van der Waals surface area contributed by atoms with Gasteiger partial charge >= 0.3 is 0 Å². The predicted octanol–water partition coefficient (Wildman–Crippen LogP) is -0.353. The van der Waals surface area contributed by atoms with E-state index in [0.717, 1.165) is 39.7 Å². The first-order chi connectivity index (χ1) is 13.4. The maximum Gasteiger partial charge on any atom is 0.229 e. The molecule has 0 bridgehead atoms. The van der Waals surface area contributed by atoms with E-state index in [1.54, 1.807) is 12.3 Å². The number of rotatable bonds is 4. The van der Waals surface area contributed by atoms with E-state index in [9.17, 15) is 4.79 Å². The van der Waals surface area contributed by atoms with Gasteiger partial charge in [0.15, 0.2) is 5.01 Å². The Morgan fingerprint density at radius 1 is 1.29 bits per heavy atom. The van der Waals surface area contributed by atoms with Gasteiger partial charge in [-0.25, -0.2) is 9.97 Å². The lowest BCUT2D eigenvalue weighted by molar-refractivity contribution is -0.121. The van der Waals surface area contributed by atoms with Crippen LogP contribution in [0.3, 0.4) is 0 Å². The normalized spacial score (nSPS) is 15.6. The van der Waals surface area contributed by atoms with Crippen molar-refractivity contribution in [3.8, 4) is 10.7 Å². The molecule has 1 fully saturated rings. The van der Waals surface area contributed by atoms with Gasteiger partial charge in [0.1, 0.15) is 32.2 Å². The van der Waals surface area contributed by atoms with Crippen LogP contribution in [0.2, 0.25) is 0 Å². The maximum atomic E-state index is 12.9. The van der Waals surface area contributed by atoms with Crippen LogP contribution in [0.5, 0.6) is 0 Å². The van der Waals surface area contributed by atoms with E-state index in [1.165, 1.54) is 11.3 Å². The number of hydrogen-bond donors (Lipinski definition) is 1. The van der Waals surface area contributed by atoms with E-state index >= 15 is 0 Å². The summed E-state index contributed by atoms with van der Waals surface area (Å²) in [6.07, 6.45) is 1.72. The van der Waals surface area contributed by atoms with Gasteiger partial charge in [-0.1, -0.05) is 11.3 Å². The van der Waals surface area contributed by atoms with Gasteiger partial charge < -0.3 is 10.1 Å². The fraction of sp³-hybridized carbons (Fsp3) is 0.353. The summed E-state index contributed by atoms with van der Waals surface area (Å²) in [6, 6.07) is 5.65. The minimum atomic E-state index is -0.653. The van der Waals surface area contributed by atoms with Crippen molar-refractivity contribution in [1.82, 2.24) is 25.1 Å². The molecule has 0 saturated carbocycles. The van der Waals surface area contributed by atoms with Crippen LogP contribution in [0.1, 0.15) is 5.01 Å². The van der Waals surface area contributed by atoms with Crippen LogP contribution in [-0.4, -0.2) is 78.3 Å². The Bertz CT molecular complexity index is 1020. The van der Waals surface area contributed by atoms with Gasteiger partial charge in [0.05, 0.1) is 18.7 Å². The van der Waals surface area contributed by atoms with Crippen molar-refractivity contribution in [2.75, 3.05) is 31.6 Å². The topological polar surface area (TPSA) is 93.1 Å². The summed E-state index contributed by atoms with van der Waals surface area (Å²) in [4.78, 5) is 24.1. The molecule has 0 unspecified atom stereocenters. The Morgan fingerprint density at radius 3 is 2.79 bits per heavy atom. The zero-order valence-corrected chi connectivity index (χ0v) is 16.9. The van der Waals surface area contributed by atoms with Crippen LogP contribution in [0.25, 0.3) is 21.6 Å². The molecule has 0 spiro atoms. The molecule has 3 aromatic rings. The third-order valence-electron chi connectivity index (χ3n) is 4.92. The SMILES string of the molecule is BC(B)(C(=O)Nc1cc2nc(-c3nnc(C)s3)ccc2cn1)N1CCOCC1. The van der Waals surface area contributed by atoms with E-state index < -0.39 is 5.34 Å². The third kappa shape index (κ3) is 3.78. The van der Waals surface area contributed by atoms with E-state index in [2.05, 4.69) is 30.4 Å². The molecule has 0 aliphatic carbocycles. The van der Waals surface area contributed by atoms with Crippen LogP contribution in [0, 0.1) is 6.92 Å². The van der Waals surface area contributed by atoms with Crippen LogP contribution < -0.4 is 5.32 Å². The number of nitrogens with zero attached hydrogens (tertiary/aromatic N) is 5. The van der Waals surface area contributed by atoms with Crippen LogP contribution >= 0.6 is 11.3 Å². The number of amides is 1. The quantitative estimate of drug-likeness (QED) is 0.605. The molecule has 4 rings (SSSR count). The first-order valence-electron chi connectivity index (χ1n) is 9.15. The number of ether oxygens (including phenoxy) is 1. The highest BCUT2D eigenvalue weighted by atomic mass is 32.1. The number of carbonyl (C=O) groups excluding carboxylic acids is 1. The van der Waals surface area contributed by atoms with Crippen molar-refractivity contribution in [1.29, 1.82) is 0 Å². The van der Waals surface area contributed by atoms with Crippen LogP contribution in [-0.2, 0) is 9.53 Å². The van der Waals surface area contributed by atoms with E-state index in [1.807, 2.05) is 34.7 Å². The molecule has 1 saturated heterocycles. The zero-order chi connectivity index (χ0) is 19.7. The second-order valence-corrected chi connectivity index (χ2v) is 8.38. The summed E-state index contributed by atoms with van der Waals surface area (Å²) in [5.74, 6) is 0.383. The molecule has 1 N–H and O–H groups in total. The van der Waals surface area contributed by atoms with E-state index in [4.69, 9.17) is 4.74 Å². The number of aromatic nitrogens is 4. The smallest absolute Gasteiger partial charge is 0.229 e. The Labute approximate surface area is 168 Å². The molecule has 1 aliphatic rings. The lowest BCUT2D eigenvalue weighted by Crippen LogP contribution is -2.61. The molecule has 28 heavy (non-hydrogen) atoms. The van der Waals surface area contributed by atoms with Crippen LogP contribution in [0.15, 0.2) is 24.4 Å². The summed E-state index contributed by atoms with van der Waals surface area (Å²) in [7, 11) is 3.84. The second-order valence-electron chi connectivity index (χ2n) is 7.20. The highest BCUT2D eigenvalue weighted by Crippen LogP contribution is 2.24. The molecule has 0 aromatic carbocycles. The van der Waals surface area contributed by atoms with Crippen molar-refractivity contribution >= 4 is 49.7 Å². The molecule has 0 atom stereocenters. The van der Waals surface area contributed by atoms with Gasteiger partial charge in [-0.05, 0) is 19.1 Å². The zero-order valence-electron chi connectivity index (χ0n) is 16.1. The molecule has 1 aliphatic heterocycles. The Kier molecular flexibility index (Phi) is 5.13. The largest absolute Gasteiger partial charge is 0.379 e. The molecule has 1 amide bonds. The number of nitrogens with one attached hydrogen (secondary N) is 1. The molecule has 0 radical (unpaired) electrons. The Hall–Kier alpha value is -2.36. The highest BCUT2D eigenvalue weighted by molar-refractivity contribution is 7.14. The maximum absolute atomic E-state index is 12.9. The van der Waals surface area contributed by atoms with Gasteiger partial charge in [0, 0.05) is 36.1 Å². The van der Waals surface area contributed by atoms with Gasteiger partial charge in [0.25, 0.3) is 0 Å². The van der Waals surface area contributed by atoms with Crippen molar-refractivity contribution in [2.24, 2.45) is 0 Å². The Balaban J connectivity index is 1.57. The van der Waals surface area contributed by atoms with Crippen molar-refractivity contribution in [2.45, 2.75) is 12.3 Å². The van der Waals surface area contributed by atoms with E-state index in [0.29, 0.717) is 19.0 Å². The molecule has 8 nitrogen and oxygen atoms in total. The summed E-state index contributed by atoms with van der Waals surface area (Å²) in [5, 5.41) is 13.0. The van der Waals surface area contributed by atoms with Crippen molar-refractivity contribution in [3.05, 3.63) is 29.4 Å². The first-order valence-corrected chi connectivity index (χ1v) is 9.97. The molecule has 3 aromatic heterocycles. The third-order valence-corrected chi connectivity index (χ3v) is 5.78.